The van der Waals surface area contributed by atoms with Crippen molar-refractivity contribution >= 4 is 5.78 Å². The van der Waals surface area contributed by atoms with Crippen molar-refractivity contribution in [1.29, 1.82) is 0 Å². The molecule has 0 amide bonds. The van der Waals surface area contributed by atoms with Crippen LogP contribution in [0.25, 0.3) is 0 Å². The Kier molecular flexibility index (Phi) is 7.67. The number of rotatable bonds is 8. The summed E-state index contributed by atoms with van der Waals surface area (Å²) in [5.41, 5.74) is 3.00. The van der Waals surface area contributed by atoms with Crippen molar-refractivity contribution in [3.63, 3.8) is 0 Å². The standard InChI is InChI=1S/C13H19F4NO2/c1-4-5-20-13(3,18)12(19)9(8(2)15)6-10(16)11(17)7-14/h6,8H,4-5,7,18H2,1-3H3/b9-6+,11-10-. The van der Waals surface area contributed by atoms with Crippen LogP contribution in [0.3, 0.4) is 0 Å². The predicted octanol–water partition coefficient (Wildman–Crippen LogP) is 3.06. The zero-order chi connectivity index (χ0) is 15.9. The van der Waals surface area contributed by atoms with Crippen LogP contribution >= 0.6 is 0 Å². The highest BCUT2D eigenvalue weighted by molar-refractivity contribution is 6.02. The van der Waals surface area contributed by atoms with E-state index in [1.165, 1.54) is 6.92 Å². The second kappa shape index (κ2) is 8.16. The minimum absolute atomic E-state index is 0.143. The molecule has 0 heterocycles. The zero-order valence-corrected chi connectivity index (χ0v) is 11.7. The molecule has 0 aliphatic heterocycles. The third-order valence-corrected chi connectivity index (χ3v) is 2.41. The molecule has 0 bridgehead atoms. The van der Waals surface area contributed by atoms with Gasteiger partial charge in [0.05, 0.1) is 0 Å². The summed E-state index contributed by atoms with van der Waals surface area (Å²) in [6.07, 6.45) is -1.04. The van der Waals surface area contributed by atoms with Gasteiger partial charge in [0.2, 0.25) is 5.78 Å². The molecule has 0 aliphatic rings. The van der Waals surface area contributed by atoms with Crippen LogP contribution < -0.4 is 5.73 Å². The van der Waals surface area contributed by atoms with Gasteiger partial charge >= 0.3 is 0 Å². The Labute approximate surface area is 115 Å². The molecule has 0 fully saturated rings. The molecule has 0 aromatic heterocycles. The van der Waals surface area contributed by atoms with E-state index in [2.05, 4.69) is 0 Å². The Balaban J connectivity index is 5.41. The van der Waals surface area contributed by atoms with E-state index in [4.69, 9.17) is 10.5 Å². The van der Waals surface area contributed by atoms with Crippen molar-refractivity contribution in [2.24, 2.45) is 5.73 Å². The molecule has 0 spiro atoms. The van der Waals surface area contributed by atoms with Crippen LogP contribution in [0.2, 0.25) is 0 Å². The topological polar surface area (TPSA) is 52.3 Å². The molecule has 20 heavy (non-hydrogen) atoms. The fourth-order valence-electron chi connectivity index (χ4n) is 1.31. The lowest BCUT2D eigenvalue weighted by molar-refractivity contribution is -0.138. The molecular weight excluding hydrogens is 278 g/mol. The highest BCUT2D eigenvalue weighted by Gasteiger charge is 2.34. The van der Waals surface area contributed by atoms with Gasteiger partial charge in [-0.05, 0) is 26.3 Å². The number of Topliss-reactive ketones (excluding diaryl/α,β-unsaturated/α-hetero) is 1. The van der Waals surface area contributed by atoms with E-state index >= 15 is 0 Å². The molecule has 2 N–H and O–H groups in total. The average Bonchev–Trinajstić information content (AvgIpc) is 2.40. The van der Waals surface area contributed by atoms with E-state index < -0.39 is 41.6 Å². The maximum atomic E-state index is 13.4. The van der Waals surface area contributed by atoms with Crippen LogP contribution in [-0.4, -0.2) is 31.0 Å². The molecular formula is C13H19F4NO2. The highest BCUT2D eigenvalue weighted by atomic mass is 19.2. The van der Waals surface area contributed by atoms with Crippen molar-refractivity contribution in [2.45, 2.75) is 39.1 Å². The number of carbonyl (C=O) groups excluding carboxylic acids is 1. The van der Waals surface area contributed by atoms with Crippen LogP contribution in [0.5, 0.6) is 0 Å². The van der Waals surface area contributed by atoms with Crippen molar-refractivity contribution in [3.8, 4) is 0 Å². The summed E-state index contributed by atoms with van der Waals surface area (Å²) in [6, 6.07) is 0. The van der Waals surface area contributed by atoms with E-state index in [-0.39, 0.29) is 6.61 Å². The van der Waals surface area contributed by atoms with Crippen molar-refractivity contribution in [2.75, 3.05) is 13.3 Å². The number of ether oxygens (including phenoxy) is 1. The first-order chi connectivity index (χ1) is 9.17. The molecule has 0 aliphatic carbocycles. The molecule has 3 nitrogen and oxygen atoms in total. The van der Waals surface area contributed by atoms with Gasteiger partial charge < -0.3 is 4.74 Å². The molecule has 0 radical (unpaired) electrons. The minimum atomic E-state index is -1.91. The maximum Gasteiger partial charge on any atom is 0.208 e. The number of ketones is 1. The van der Waals surface area contributed by atoms with Crippen LogP contribution in [-0.2, 0) is 9.53 Å². The van der Waals surface area contributed by atoms with Gasteiger partial charge in [-0.2, -0.15) is 0 Å². The Morgan fingerprint density at radius 1 is 1.45 bits per heavy atom. The van der Waals surface area contributed by atoms with E-state index in [1.807, 2.05) is 0 Å². The minimum Gasteiger partial charge on any atom is -0.353 e. The fraction of sp³-hybridized carbons (Fsp3) is 0.615. The molecule has 0 saturated carbocycles. The Morgan fingerprint density at radius 2 is 2.00 bits per heavy atom. The van der Waals surface area contributed by atoms with E-state index in [9.17, 15) is 22.4 Å². The Hall–Kier alpha value is -1.21. The Bertz CT molecular complexity index is 403. The summed E-state index contributed by atoms with van der Waals surface area (Å²) in [6.45, 7) is 2.38. The molecule has 0 aromatic carbocycles. The van der Waals surface area contributed by atoms with Gasteiger partial charge in [-0.1, -0.05) is 6.92 Å². The molecule has 0 rings (SSSR count). The van der Waals surface area contributed by atoms with Gasteiger partial charge in [-0.15, -0.1) is 0 Å². The summed E-state index contributed by atoms with van der Waals surface area (Å²) in [7, 11) is 0. The van der Waals surface area contributed by atoms with Gasteiger partial charge in [-0.25, -0.2) is 17.6 Å². The number of halogens is 4. The second-order valence-electron chi connectivity index (χ2n) is 4.39. The lowest BCUT2D eigenvalue weighted by atomic mass is 9.98. The summed E-state index contributed by atoms with van der Waals surface area (Å²) < 4.78 is 56.3. The maximum absolute atomic E-state index is 13.4. The molecule has 2 unspecified atom stereocenters. The normalized spacial score (nSPS) is 18.3. The number of hydrogen-bond acceptors (Lipinski definition) is 3. The summed E-state index contributed by atoms with van der Waals surface area (Å²) >= 11 is 0. The second-order valence-corrected chi connectivity index (χ2v) is 4.39. The quantitative estimate of drug-likeness (QED) is 0.324. The molecule has 0 aromatic rings. The van der Waals surface area contributed by atoms with Gasteiger partial charge in [-0.3, -0.25) is 10.5 Å². The van der Waals surface area contributed by atoms with Crippen LogP contribution in [0.1, 0.15) is 27.2 Å². The SMILES string of the molecule is CCCOC(C)(N)C(=O)/C(=C/C(F)=C(/F)CF)C(C)F. The zero-order valence-electron chi connectivity index (χ0n) is 11.7. The number of hydrogen-bond donors (Lipinski definition) is 1. The lowest BCUT2D eigenvalue weighted by Gasteiger charge is -2.25. The number of alkyl halides is 2. The first-order valence-corrected chi connectivity index (χ1v) is 6.10. The smallest absolute Gasteiger partial charge is 0.208 e. The molecule has 0 saturated heterocycles. The number of allylic oxidation sites excluding steroid dienone is 3. The Morgan fingerprint density at radius 3 is 2.40 bits per heavy atom. The van der Waals surface area contributed by atoms with Gasteiger partial charge in [0.25, 0.3) is 0 Å². The molecule has 7 heteroatoms. The van der Waals surface area contributed by atoms with E-state index in [0.717, 1.165) is 6.92 Å². The van der Waals surface area contributed by atoms with Crippen molar-refractivity contribution < 1.29 is 27.1 Å². The first kappa shape index (κ1) is 18.8. The summed E-state index contributed by atoms with van der Waals surface area (Å²) in [5.74, 6) is -4.39. The van der Waals surface area contributed by atoms with Crippen molar-refractivity contribution in [3.05, 3.63) is 23.3 Å². The monoisotopic (exact) mass is 297 g/mol. The van der Waals surface area contributed by atoms with E-state index in [0.29, 0.717) is 12.5 Å². The molecule has 116 valence electrons. The molecule has 2 atom stereocenters. The average molecular weight is 297 g/mol. The first-order valence-electron chi connectivity index (χ1n) is 6.10. The fourth-order valence-corrected chi connectivity index (χ4v) is 1.31. The predicted molar refractivity (Wildman–Crippen MR) is 67.7 cm³/mol. The number of nitrogens with two attached hydrogens (primary N) is 1. The van der Waals surface area contributed by atoms with Gasteiger partial charge in [0, 0.05) is 12.2 Å². The van der Waals surface area contributed by atoms with Gasteiger partial charge in [0.1, 0.15) is 12.8 Å². The third-order valence-electron chi connectivity index (χ3n) is 2.41. The van der Waals surface area contributed by atoms with Gasteiger partial charge in [0.15, 0.2) is 17.4 Å². The van der Waals surface area contributed by atoms with Crippen LogP contribution in [0.4, 0.5) is 17.6 Å². The number of carbonyl (C=O) groups is 1. The third kappa shape index (κ3) is 5.42. The van der Waals surface area contributed by atoms with Crippen LogP contribution in [0, 0.1) is 0 Å². The van der Waals surface area contributed by atoms with E-state index in [1.54, 1.807) is 6.92 Å². The van der Waals surface area contributed by atoms with Crippen molar-refractivity contribution in [1.82, 2.24) is 0 Å². The highest BCUT2D eigenvalue weighted by Crippen LogP contribution is 2.21. The lowest BCUT2D eigenvalue weighted by Crippen LogP contribution is -2.49. The summed E-state index contributed by atoms with van der Waals surface area (Å²) in [5, 5.41) is 0. The summed E-state index contributed by atoms with van der Waals surface area (Å²) in [4.78, 5) is 12.0. The largest absolute Gasteiger partial charge is 0.353 e. The van der Waals surface area contributed by atoms with Crippen LogP contribution in [0.15, 0.2) is 23.3 Å².